The monoisotopic (exact) mass is 384 g/mol. The van der Waals surface area contributed by atoms with E-state index in [9.17, 15) is 22.8 Å². The van der Waals surface area contributed by atoms with Crippen molar-refractivity contribution in [3.8, 4) is 0 Å². The summed E-state index contributed by atoms with van der Waals surface area (Å²) in [5.74, 6) is -0.852. The molecule has 1 aromatic rings. The second-order valence-electron chi connectivity index (χ2n) is 5.81. The van der Waals surface area contributed by atoms with Crippen LogP contribution in [0.5, 0.6) is 0 Å². The summed E-state index contributed by atoms with van der Waals surface area (Å²) in [5.41, 5.74) is 5.54. The Kier molecular flexibility index (Phi) is 5.03. The quantitative estimate of drug-likeness (QED) is 0.811. The molecule has 24 heavy (non-hydrogen) atoms. The highest BCUT2D eigenvalue weighted by molar-refractivity contribution is 6.35. The van der Waals surface area contributed by atoms with Gasteiger partial charge in [0.25, 0.3) is 0 Å². The van der Waals surface area contributed by atoms with Crippen LogP contribution in [0.2, 0.25) is 10.0 Å². The number of benzene rings is 1. The lowest BCUT2D eigenvalue weighted by molar-refractivity contribution is -0.867. The zero-order valence-corrected chi connectivity index (χ0v) is 14.1. The molecule has 0 aromatic heterocycles. The average Bonchev–Trinajstić information content (AvgIpc) is 2.66. The summed E-state index contributed by atoms with van der Waals surface area (Å²) in [4.78, 5) is 24.9. The highest BCUT2D eigenvalue weighted by atomic mass is 35.5. The standard InChI is InChI=1S/C14H14Cl2F3N3O2/c1-21-11(12(20)23)6-22(13(21)24,7-14(17,18)19)5-8-2-3-9(15)4-10(8)16/h2-4,11H,5-7H2,1H3,(H-,20,23)/p+1. The van der Waals surface area contributed by atoms with Crippen molar-refractivity contribution in [3.63, 3.8) is 0 Å². The highest BCUT2D eigenvalue weighted by Crippen LogP contribution is 2.34. The molecule has 1 aromatic carbocycles. The Balaban J connectivity index is 2.45. The van der Waals surface area contributed by atoms with E-state index in [4.69, 9.17) is 28.9 Å². The largest absolute Gasteiger partial charge is 0.438 e. The molecule has 0 bridgehead atoms. The van der Waals surface area contributed by atoms with Gasteiger partial charge in [-0.3, -0.25) is 9.69 Å². The van der Waals surface area contributed by atoms with Gasteiger partial charge in [-0.1, -0.05) is 29.3 Å². The average molecular weight is 385 g/mol. The lowest BCUT2D eigenvalue weighted by atomic mass is 10.1. The van der Waals surface area contributed by atoms with Crippen molar-refractivity contribution in [2.45, 2.75) is 18.8 Å². The minimum absolute atomic E-state index is 0.153. The minimum atomic E-state index is -4.61. The van der Waals surface area contributed by atoms with Crippen molar-refractivity contribution < 1.29 is 27.2 Å². The molecule has 2 rings (SSSR count). The number of alkyl halides is 3. The van der Waals surface area contributed by atoms with Crippen molar-refractivity contribution in [2.24, 2.45) is 5.73 Å². The number of hydrogen-bond donors (Lipinski definition) is 1. The van der Waals surface area contributed by atoms with Crippen molar-refractivity contribution in [3.05, 3.63) is 33.8 Å². The van der Waals surface area contributed by atoms with Crippen molar-refractivity contribution >= 4 is 35.1 Å². The topological polar surface area (TPSA) is 63.4 Å². The Hall–Kier alpha value is -1.51. The van der Waals surface area contributed by atoms with Crippen molar-refractivity contribution in [1.29, 1.82) is 0 Å². The van der Waals surface area contributed by atoms with E-state index in [-0.39, 0.29) is 18.1 Å². The third kappa shape index (κ3) is 3.76. The molecule has 0 radical (unpaired) electrons. The first-order valence-electron chi connectivity index (χ1n) is 6.89. The third-order valence-corrected chi connectivity index (χ3v) is 4.58. The Morgan fingerprint density at radius 3 is 2.50 bits per heavy atom. The molecule has 2 atom stereocenters. The van der Waals surface area contributed by atoms with Crippen LogP contribution < -0.4 is 5.73 Å². The van der Waals surface area contributed by atoms with Crippen LogP contribution in [0.3, 0.4) is 0 Å². The number of quaternary nitrogens is 1. The number of amides is 3. The predicted molar refractivity (Wildman–Crippen MR) is 82.4 cm³/mol. The summed E-state index contributed by atoms with van der Waals surface area (Å²) in [7, 11) is 1.26. The SMILES string of the molecule is CN1C(=O)[N+](Cc2ccc(Cl)cc2Cl)(CC(F)(F)F)CC1C(N)=O. The van der Waals surface area contributed by atoms with E-state index in [0.717, 1.165) is 4.90 Å². The maximum absolute atomic E-state index is 13.1. The molecule has 1 saturated heterocycles. The molecule has 2 unspecified atom stereocenters. The molecule has 0 aliphatic carbocycles. The molecule has 0 spiro atoms. The number of nitrogens with two attached hydrogens (primary N) is 1. The van der Waals surface area contributed by atoms with Crippen LogP contribution in [0.4, 0.5) is 18.0 Å². The zero-order valence-electron chi connectivity index (χ0n) is 12.6. The third-order valence-electron chi connectivity index (χ3n) is 4.00. The van der Waals surface area contributed by atoms with E-state index < -0.39 is 35.2 Å². The van der Waals surface area contributed by atoms with Crippen LogP contribution in [0, 0.1) is 0 Å². The number of carbonyl (C=O) groups excluding carboxylic acids is 2. The molecule has 1 fully saturated rings. The lowest BCUT2D eigenvalue weighted by Gasteiger charge is -2.31. The van der Waals surface area contributed by atoms with Crippen LogP contribution in [0.15, 0.2) is 18.2 Å². The van der Waals surface area contributed by atoms with Gasteiger partial charge < -0.3 is 5.73 Å². The van der Waals surface area contributed by atoms with Gasteiger partial charge in [-0.15, -0.1) is 0 Å². The number of halogens is 5. The van der Waals surface area contributed by atoms with E-state index in [1.807, 2.05) is 0 Å². The molecule has 5 nitrogen and oxygen atoms in total. The molecule has 2 N–H and O–H groups in total. The molecule has 1 aliphatic heterocycles. The van der Waals surface area contributed by atoms with Gasteiger partial charge in [-0.2, -0.15) is 13.2 Å². The van der Waals surface area contributed by atoms with E-state index in [2.05, 4.69) is 0 Å². The number of urea groups is 1. The van der Waals surface area contributed by atoms with Crippen LogP contribution in [-0.2, 0) is 11.3 Å². The summed E-state index contributed by atoms with van der Waals surface area (Å²) in [6.07, 6.45) is -4.61. The normalized spacial score (nSPS) is 24.5. The summed E-state index contributed by atoms with van der Waals surface area (Å²) >= 11 is 11.8. The number of nitrogens with zero attached hydrogens (tertiary/aromatic N) is 2. The Labute approximate surface area is 146 Å². The number of carbonyl (C=O) groups is 2. The summed E-state index contributed by atoms with van der Waals surface area (Å²) in [6.45, 7) is -2.11. The molecular weight excluding hydrogens is 370 g/mol. The Morgan fingerprint density at radius 1 is 1.42 bits per heavy atom. The molecule has 0 saturated carbocycles. The summed E-state index contributed by atoms with van der Waals surface area (Å²) < 4.78 is 38.3. The second kappa shape index (κ2) is 6.42. The van der Waals surface area contributed by atoms with Gasteiger partial charge in [-0.25, -0.2) is 9.28 Å². The van der Waals surface area contributed by atoms with Crippen LogP contribution in [0.1, 0.15) is 5.56 Å². The molecular formula is C14H15Cl2F3N3O2+. The van der Waals surface area contributed by atoms with Gasteiger partial charge in [-0.05, 0) is 12.1 Å². The van der Waals surface area contributed by atoms with Crippen LogP contribution >= 0.6 is 23.2 Å². The maximum Gasteiger partial charge on any atom is 0.438 e. The minimum Gasteiger partial charge on any atom is -0.368 e. The fourth-order valence-corrected chi connectivity index (χ4v) is 3.39. The van der Waals surface area contributed by atoms with E-state index in [1.165, 1.54) is 25.2 Å². The van der Waals surface area contributed by atoms with Gasteiger partial charge in [0.1, 0.15) is 13.1 Å². The molecule has 1 aliphatic rings. The van der Waals surface area contributed by atoms with E-state index in [1.54, 1.807) is 0 Å². The first kappa shape index (κ1) is 18.8. The predicted octanol–water partition coefficient (Wildman–Crippen LogP) is 2.79. The summed E-state index contributed by atoms with van der Waals surface area (Å²) in [6, 6.07) is 2.39. The van der Waals surface area contributed by atoms with Gasteiger partial charge in [0, 0.05) is 17.6 Å². The van der Waals surface area contributed by atoms with Gasteiger partial charge in [0.2, 0.25) is 5.91 Å². The van der Waals surface area contributed by atoms with E-state index in [0.29, 0.717) is 10.6 Å². The van der Waals surface area contributed by atoms with Crippen LogP contribution in [0.25, 0.3) is 0 Å². The Bertz CT molecular complexity index is 684. The lowest BCUT2D eigenvalue weighted by Crippen LogP contribution is -2.55. The van der Waals surface area contributed by atoms with Crippen molar-refractivity contribution in [2.75, 3.05) is 20.1 Å². The van der Waals surface area contributed by atoms with Crippen molar-refractivity contribution in [1.82, 2.24) is 4.90 Å². The Morgan fingerprint density at radius 2 is 2.04 bits per heavy atom. The molecule has 132 valence electrons. The molecule has 1 heterocycles. The second-order valence-corrected chi connectivity index (χ2v) is 6.65. The fourth-order valence-electron chi connectivity index (χ4n) is 2.92. The number of hydrogen-bond acceptors (Lipinski definition) is 2. The van der Waals surface area contributed by atoms with Crippen LogP contribution in [-0.4, -0.2) is 53.7 Å². The fraction of sp³-hybridized carbons (Fsp3) is 0.429. The number of likely N-dealkylation sites (N-methyl/N-ethyl adjacent to an activating group) is 1. The highest BCUT2D eigenvalue weighted by Gasteiger charge is 2.57. The first-order valence-corrected chi connectivity index (χ1v) is 7.64. The molecule has 10 heteroatoms. The molecule has 3 amide bonds. The van der Waals surface area contributed by atoms with Gasteiger partial charge in [0.05, 0.1) is 5.02 Å². The van der Waals surface area contributed by atoms with Gasteiger partial charge >= 0.3 is 12.2 Å². The van der Waals surface area contributed by atoms with Gasteiger partial charge in [0.15, 0.2) is 12.6 Å². The summed E-state index contributed by atoms with van der Waals surface area (Å²) in [5, 5.41) is 0.478. The number of primary amides is 1. The zero-order chi connectivity index (χ0) is 18.3. The first-order chi connectivity index (χ1) is 10.9. The number of rotatable bonds is 4. The van der Waals surface area contributed by atoms with E-state index >= 15 is 0 Å². The maximum atomic E-state index is 13.1. The smallest absolute Gasteiger partial charge is 0.368 e.